The Balaban J connectivity index is 1.28. The van der Waals surface area contributed by atoms with Crippen LogP contribution in [0.1, 0.15) is 57.1 Å². The number of aromatic amines is 1. The zero-order chi connectivity index (χ0) is 28.8. The lowest BCUT2D eigenvalue weighted by Crippen LogP contribution is -2.47. The fourth-order valence-corrected chi connectivity index (χ4v) is 6.29. The lowest BCUT2D eigenvalue weighted by atomic mass is 9.84. The summed E-state index contributed by atoms with van der Waals surface area (Å²) in [5.41, 5.74) is 2.56. The Labute approximate surface area is 238 Å². The average molecular weight is 575 g/mol. The van der Waals surface area contributed by atoms with Gasteiger partial charge in [-0.25, -0.2) is 8.78 Å². The van der Waals surface area contributed by atoms with Gasteiger partial charge in [0.15, 0.2) is 0 Å². The number of carbonyl (C=O) groups excluding carboxylic acids is 1. The first-order valence-corrected chi connectivity index (χ1v) is 14.9. The van der Waals surface area contributed by atoms with Crippen molar-refractivity contribution >= 4 is 27.5 Å². The molecule has 0 saturated heterocycles. The predicted octanol–water partition coefficient (Wildman–Crippen LogP) is 4.79. The lowest BCUT2D eigenvalue weighted by molar-refractivity contribution is -0.136. The summed E-state index contributed by atoms with van der Waals surface area (Å²) in [4.78, 5) is 29.3. The number of halogens is 2. The molecule has 4 rings (SSSR count). The van der Waals surface area contributed by atoms with Gasteiger partial charge in [0.2, 0.25) is 11.8 Å². The zero-order valence-corrected chi connectivity index (χ0v) is 24.1. The summed E-state index contributed by atoms with van der Waals surface area (Å²) in [6.07, 6.45) is 1.21. The third-order valence-electron chi connectivity index (χ3n) is 7.83. The van der Waals surface area contributed by atoms with Crippen molar-refractivity contribution < 1.29 is 18.7 Å². The molecule has 2 aromatic carbocycles. The van der Waals surface area contributed by atoms with Crippen molar-refractivity contribution in [2.24, 2.45) is 0 Å². The second kappa shape index (κ2) is 13.2. The molecule has 1 saturated carbocycles. The summed E-state index contributed by atoms with van der Waals surface area (Å²) in [7, 11) is 0. The van der Waals surface area contributed by atoms with E-state index in [0.717, 1.165) is 28.1 Å². The van der Waals surface area contributed by atoms with Crippen molar-refractivity contribution in [3.05, 3.63) is 63.3 Å². The van der Waals surface area contributed by atoms with Crippen LogP contribution < -0.4 is 15.5 Å². The van der Waals surface area contributed by atoms with Gasteiger partial charge < -0.3 is 25.6 Å². The fourth-order valence-electron chi connectivity index (χ4n) is 5.40. The number of rotatable bonds is 13. The molecule has 1 fully saturated rings. The van der Waals surface area contributed by atoms with Gasteiger partial charge in [-0.2, -0.15) is 0 Å². The fraction of sp³-hybridized carbons (Fsp3) is 0.533. The molecule has 218 valence electrons. The van der Waals surface area contributed by atoms with E-state index >= 15 is 0 Å². The summed E-state index contributed by atoms with van der Waals surface area (Å²) in [6, 6.07) is 13.5. The monoisotopic (exact) mass is 574 g/mol. The molecule has 0 unspecified atom stereocenters. The summed E-state index contributed by atoms with van der Waals surface area (Å²) in [5.74, 6) is -2.61. The van der Waals surface area contributed by atoms with Crippen molar-refractivity contribution in [1.29, 1.82) is 0 Å². The van der Waals surface area contributed by atoms with Gasteiger partial charge in [-0.1, -0.05) is 61.6 Å². The highest BCUT2D eigenvalue weighted by Gasteiger charge is 2.38. The second-order valence-electron chi connectivity index (χ2n) is 11.3. The average Bonchev–Trinajstić information content (AvgIpc) is 3.33. The van der Waals surface area contributed by atoms with Crippen LogP contribution in [0.2, 0.25) is 0 Å². The summed E-state index contributed by atoms with van der Waals surface area (Å²) in [6.45, 7) is 7.19. The number of amides is 1. The number of alkyl halides is 2. The van der Waals surface area contributed by atoms with Crippen molar-refractivity contribution in [3.8, 4) is 5.75 Å². The number of phenols is 1. The molecule has 0 bridgehead atoms. The molecule has 1 heterocycles. The molecule has 1 aliphatic rings. The number of aromatic nitrogens is 1. The topological polar surface area (TPSA) is 97.5 Å². The largest absolute Gasteiger partial charge is 0.506 e. The summed E-state index contributed by atoms with van der Waals surface area (Å²) >= 11 is 1.07. The maximum atomic E-state index is 13.8. The number of hydrogen-bond donors (Lipinski definition) is 4. The Hall–Kier alpha value is -2.82. The van der Waals surface area contributed by atoms with Gasteiger partial charge in [0, 0.05) is 56.9 Å². The summed E-state index contributed by atoms with van der Waals surface area (Å²) < 4.78 is 28.4. The molecule has 0 spiro atoms. The van der Waals surface area contributed by atoms with Crippen LogP contribution in [0.15, 0.2) is 47.3 Å². The minimum atomic E-state index is -2.65. The number of fused-ring (bicyclic) bond motifs is 1. The van der Waals surface area contributed by atoms with Gasteiger partial charge in [0.05, 0.1) is 4.70 Å². The molecule has 0 aliphatic heterocycles. The molecular formula is C30H40F2N4O3S. The lowest BCUT2D eigenvalue weighted by Gasteiger charge is -2.37. The highest BCUT2D eigenvalue weighted by molar-refractivity contribution is 7.16. The second-order valence-corrected chi connectivity index (χ2v) is 12.3. The number of phenolic OH excluding ortho intramolecular Hbond substituents is 1. The Morgan fingerprint density at radius 1 is 1.10 bits per heavy atom. The molecule has 40 heavy (non-hydrogen) atoms. The quantitative estimate of drug-likeness (QED) is 0.220. The molecule has 4 N–H and O–H groups in total. The van der Waals surface area contributed by atoms with E-state index < -0.39 is 5.92 Å². The first-order chi connectivity index (χ1) is 19.1. The smallest absolute Gasteiger partial charge is 0.305 e. The van der Waals surface area contributed by atoms with Crippen LogP contribution in [-0.2, 0) is 16.6 Å². The molecule has 3 aromatic rings. The van der Waals surface area contributed by atoms with Crippen LogP contribution in [0, 0.1) is 0 Å². The van der Waals surface area contributed by atoms with Crippen molar-refractivity contribution in [1.82, 2.24) is 20.5 Å². The molecule has 1 aromatic heterocycles. The molecule has 0 atom stereocenters. The van der Waals surface area contributed by atoms with E-state index in [9.17, 15) is 23.5 Å². The Bertz CT molecular complexity index is 1320. The number of hydrogen-bond acceptors (Lipinski definition) is 6. The number of nitrogens with zero attached hydrogens (tertiary/aromatic N) is 1. The van der Waals surface area contributed by atoms with Crippen molar-refractivity contribution in [2.45, 2.75) is 69.8 Å². The van der Waals surface area contributed by atoms with Crippen LogP contribution in [0.5, 0.6) is 5.75 Å². The zero-order valence-electron chi connectivity index (χ0n) is 23.3. The molecule has 7 nitrogen and oxygen atoms in total. The normalized spacial score (nSPS) is 15.9. The number of thiazole rings is 1. The van der Waals surface area contributed by atoms with Gasteiger partial charge >= 0.3 is 4.87 Å². The van der Waals surface area contributed by atoms with E-state index in [0.29, 0.717) is 57.4 Å². The van der Waals surface area contributed by atoms with Gasteiger partial charge in [0.25, 0.3) is 0 Å². The van der Waals surface area contributed by atoms with Crippen LogP contribution in [-0.4, -0.2) is 65.6 Å². The maximum Gasteiger partial charge on any atom is 0.305 e. The Morgan fingerprint density at radius 3 is 2.55 bits per heavy atom. The predicted molar refractivity (Wildman–Crippen MR) is 157 cm³/mol. The van der Waals surface area contributed by atoms with Gasteiger partial charge in [-0.3, -0.25) is 9.59 Å². The Kier molecular flexibility index (Phi) is 9.97. The number of H-pyrrole nitrogens is 1. The molecule has 1 amide bonds. The van der Waals surface area contributed by atoms with E-state index in [1.807, 2.05) is 24.3 Å². The van der Waals surface area contributed by atoms with E-state index in [4.69, 9.17) is 0 Å². The maximum absolute atomic E-state index is 13.8. The number of aromatic hydroxyl groups is 1. The molecule has 10 heteroatoms. The van der Waals surface area contributed by atoms with E-state index in [2.05, 4.69) is 41.6 Å². The third kappa shape index (κ3) is 7.89. The van der Waals surface area contributed by atoms with Gasteiger partial charge in [0.1, 0.15) is 11.3 Å². The van der Waals surface area contributed by atoms with E-state index in [1.54, 1.807) is 11.0 Å². The highest BCUT2D eigenvalue weighted by atomic mass is 32.1. The number of carbonyl (C=O) groups is 1. The first-order valence-electron chi connectivity index (χ1n) is 14.0. The summed E-state index contributed by atoms with van der Waals surface area (Å²) in [5, 5.41) is 16.8. The van der Waals surface area contributed by atoms with Gasteiger partial charge in [-0.05, 0) is 43.0 Å². The van der Waals surface area contributed by atoms with Crippen LogP contribution in [0.25, 0.3) is 10.2 Å². The highest BCUT2D eigenvalue weighted by Crippen LogP contribution is 2.35. The number of nitrogens with one attached hydrogen (secondary N) is 3. The SMILES string of the molecule is CC(C)(CNCCC(=O)N(CCNCCc1ccc(O)c2[nH]c(=O)sc12)C1CCC(F)(F)CC1)c1ccccc1. The van der Waals surface area contributed by atoms with Crippen LogP contribution >= 0.6 is 11.3 Å². The van der Waals surface area contributed by atoms with Crippen molar-refractivity contribution in [2.75, 3.05) is 32.7 Å². The first kappa shape index (κ1) is 30.1. The van der Waals surface area contributed by atoms with E-state index in [-0.39, 0.29) is 40.8 Å². The minimum Gasteiger partial charge on any atom is -0.506 e. The Morgan fingerprint density at radius 2 is 1.82 bits per heavy atom. The van der Waals surface area contributed by atoms with Crippen LogP contribution in [0.3, 0.4) is 0 Å². The standard InChI is InChI=1S/C30H40F2N4O3S/c1-29(2,22-6-4-3-5-7-22)20-34-17-13-25(38)36(23-10-14-30(31,32)15-11-23)19-18-33-16-12-21-8-9-24(37)26-27(21)40-28(39)35-26/h3-9,23,33-34,37H,10-20H2,1-2H3,(H,35,39). The minimum absolute atomic E-state index is 0.0145. The number of benzene rings is 2. The van der Waals surface area contributed by atoms with Gasteiger partial charge in [-0.15, -0.1) is 0 Å². The molecule has 0 radical (unpaired) electrons. The molecular weight excluding hydrogens is 534 g/mol. The van der Waals surface area contributed by atoms with Crippen molar-refractivity contribution in [3.63, 3.8) is 0 Å². The third-order valence-corrected chi connectivity index (χ3v) is 8.78. The van der Waals surface area contributed by atoms with Crippen LogP contribution in [0.4, 0.5) is 8.78 Å². The van der Waals surface area contributed by atoms with E-state index in [1.165, 1.54) is 5.56 Å². The molecule has 1 aliphatic carbocycles.